The quantitative estimate of drug-likeness (QED) is 0.482. The summed E-state index contributed by atoms with van der Waals surface area (Å²) in [4.78, 5) is 24.9. The van der Waals surface area contributed by atoms with E-state index in [1.807, 2.05) is 72.8 Å². The Morgan fingerprint density at radius 3 is 2.50 bits per heavy atom. The molecule has 4 rings (SSSR count). The lowest BCUT2D eigenvalue weighted by molar-refractivity contribution is 0.0945. The molecule has 7 nitrogen and oxygen atoms in total. The number of carbonyl (C=O) groups excluding carboxylic acids is 1. The maximum Gasteiger partial charge on any atom is 0.270 e. The maximum atomic E-state index is 12.4. The second-order valence-electron chi connectivity index (χ2n) is 6.33. The van der Waals surface area contributed by atoms with Crippen molar-refractivity contribution in [1.29, 1.82) is 0 Å². The van der Waals surface area contributed by atoms with Crippen molar-refractivity contribution in [3.05, 3.63) is 103 Å². The van der Waals surface area contributed by atoms with E-state index in [0.717, 1.165) is 17.1 Å². The van der Waals surface area contributed by atoms with Crippen LogP contribution in [0, 0.1) is 0 Å². The molecule has 2 aromatic carbocycles. The smallest absolute Gasteiger partial charge is 0.270 e. The molecule has 4 aromatic rings. The predicted octanol–water partition coefficient (Wildman–Crippen LogP) is 4.34. The fraction of sp³-hybridized carbons (Fsp3) is 0.0435. The number of ether oxygens (including phenoxy) is 1. The zero-order valence-electron chi connectivity index (χ0n) is 16.0. The van der Waals surface area contributed by atoms with Crippen LogP contribution >= 0.6 is 0 Å². The first-order chi connectivity index (χ1) is 14.8. The number of hydrogen-bond donors (Lipinski definition) is 2. The van der Waals surface area contributed by atoms with Crippen molar-refractivity contribution < 1.29 is 9.53 Å². The number of benzene rings is 2. The molecule has 2 aromatic heterocycles. The van der Waals surface area contributed by atoms with E-state index >= 15 is 0 Å². The number of nitrogens with zero attached hydrogens (tertiary/aromatic N) is 3. The van der Waals surface area contributed by atoms with Crippen molar-refractivity contribution in [2.75, 3.05) is 5.32 Å². The molecule has 2 heterocycles. The molecule has 7 heteroatoms. The lowest BCUT2D eigenvalue weighted by Gasteiger charge is -2.13. The minimum absolute atomic E-state index is 0.255. The van der Waals surface area contributed by atoms with E-state index in [-0.39, 0.29) is 11.6 Å². The molecule has 0 aliphatic carbocycles. The summed E-state index contributed by atoms with van der Waals surface area (Å²) >= 11 is 0. The fourth-order valence-electron chi connectivity index (χ4n) is 2.73. The molecule has 1 amide bonds. The van der Waals surface area contributed by atoms with Gasteiger partial charge in [0.05, 0.1) is 17.9 Å². The average Bonchev–Trinajstić information content (AvgIpc) is 2.80. The Morgan fingerprint density at radius 1 is 0.867 bits per heavy atom. The molecular formula is C23H19N5O2. The molecule has 0 fully saturated rings. The Bertz CT molecular complexity index is 1120. The summed E-state index contributed by atoms with van der Waals surface area (Å²) in [6.07, 6.45) is 3.03. The third-order valence-corrected chi connectivity index (χ3v) is 4.18. The molecule has 0 saturated heterocycles. The summed E-state index contributed by atoms with van der Waals surface area (Å²) in [5, 5.41) is 6.00. The Hall–Kier alpha value is -4.26. The number of aromatic nitrogens is 3. The molecule has 0 unspecified atom stereocenters. The fourth-order valence-corrected chi connectivity index (χ4v) is 2.73. The van der Waals surface area contributed by atoms with Crippen molar-refractivity contribution in [2.24, 2.45) is 0 Å². The van der Waals surface area contributed by atoms with E-state index in [1.54, 1.807) is 12.3 Å². The van der Waals surface area contributed by atoms with Crippen LogP contribution in [0.5, 0.6) is 11.5 Å². The van der Waals surface area contributed by atoms with Gasteiger partial charge >= 0.3 is 0 Å². The standard InChI is InChI=1S/C23H19N5O2/c29-23(25-15-17-8-6-7-13-24-17)20-14-22(27-16-26-20)28-19-11-4-5-12-21(19)30-18-9-2-1-3-10-18/h1-14,16H,15H2,(H,25,29)(H,26,27,28). The number of para-hydroxylation sites is 3. The van der Waals surface area contributed by atoms with Gasteiger partial charge in [-0.3, -0.25) is 9.78 Å². The number of amides is 1. The summed E-state index contributed by atoms with van der Waals surface area (Å²) in [6.45, 7) is 0.320. The van der Waals surface area contributed by atoms with Gasteiger partial charge in [-0.25, -0.2) is 9.97 Å². The van der Waals surface area contributed by atoms with E-state index in [1.165, 1.54) is 6.33 Å². The third-order valence-electron chi connectivity index (χ3n) is 4.18. The molecule has 0 radical (unpaired) electrons. The van der Waals surface area contributed by atoms with E-state index in [2.05, 4.69) is 25.6 Å². The maximum absolute atomic E-state index is 12.4. The number of rotatable bonds is 7. The van der Waals surface area contributed by atoms with Crippen LogP contribution in [-0.2, 0) is 6.54 Å². The van der Waals surface area contributed by atoms with Gasteiger partial charge in [0.1, 0.15) is 23.6 Å². The zero-order valence-corrected chi connectivity index (χ0v) is 16.0. The number of hydrogen-bond acceptors (Lipinski definition) is 6. The van der Waals surface area contributed by atoms with Gasteiger partial charge in [0.15, 0.2) is 5.75 Å². The summed E-state index contributed by atoms with van der Waals surface area (Å²) in [7, 11) is 0. The third kappa shape index (κ3) is 4.96. The van der Waals surface area contributed by atoms with Crippen molar-refractivity contribution in [2.45, 2.75) is 6.54 Å². The zero-order chi connectivity index (χ0) is 20.6. The van der Waals surface area contributed by atoms with Crippen molar-refractivity contribution in [3.63, 3.8) is 0 Å². The monoisotopic (exact) mass is 397 g/mol. The van der Waals surface area contributed by atoms with Crippen molar-refractivity contribution in [1.82, 2.24) is 20.3 Å². The van der Waals surface area contributed by atoms with Gasteiger partial charge in [-0.2, -0.15) is 0 Å². The molecule has 0 aliphatic heterocycles. The highest BCUT2D eigenvalue weighted by Crippen LogP contribution is 2.30. The van der Waals surface area contributed by atoms with Crippen LogP contribution in [0.4, 0.5) is 11.5 Å². The Morgan fingerprint density at radius 2 is 1.67 bits per heavy atom. The molecule has 0 aliphatic rings. The highest BCUT2D eigenvalue weighted by atomic mass is 16.5. The van der Waals surface area contributed by atoms with E-state index in [4.69, 9.17) is 4.74 Å². The number of carbonyl (C=O) groups is 1. The Kier molecular flexibility index (Phi) is 5.91. The van der Waals surface area contributed by atoms with Crippen molar-refractivity contribution >= 4 is 17.4 Å². The van der Waals surface area contributed by atoms with Gasteiger partial charge in [0.25, 0.3) is 5.91 Å². The highest BCUT2D eigenvalue weighted by Gasteiger charge is 2.11. The lowest BCUT2D eigenvalue weighted by atomic mass is 10.2. The number of nitrogens with one attached hydrogen (secondary N) is 2. The SMILES string of the molecule is O=C(NCc1ccccn1)c1cc(Nc2ccccc2Oc2ccccc2)ncn1. The Balaban J connectivity index is 1.46. The predicted molar refractivity (Wildman–Crippen MR) is 114 cm³/mol. The van der Waals surface area contributed by atoms with E-state index in [0.29, 0.717) is 18.1 Å². The van der Waals surface area contributed by atoms with E-state index in [9.17, 15) is 4.79 Å². The topological polar surface area (TPSA) is 89.0 Å². The first kappa shape index (κ1) is 19.1. The molecule has 0 spiro atoms. The van der Waals surface area contributed by atoms with Gasteiger partial charge in [-0.05, 0) is 36.4 Å². The summed E-state index contributed by atoms with van der Waals surface area (Å²) < 4.78 is 5.95. The molecule has 2 N–H and O–H groups in total. The molecule has 0 bridgehead atoms. The average molecular weight is 397 g/mol. The molecule has 0 saturated carbocycles. The molecule has 148 valence electrons. The Labute approximate surface area is 173 Å². The normalized spacial score (nSPS) is 10.3. The van der Waals surface area contributed by atoms with Gasteiger partial charge < -0.3 is 15.4 Å². The first-order valence-corrected chi connectivity index (χ1v) is 9.37. The van der Waals surface area contributed by atoms with Gasteiger partial charge in [0, 0.05) is 12.3 Å². The van der Waals surface area contributed by atoms with Crippen LogP contribution in [0.1, 0.15) is 16.2 Å². The van der Waals surface area contributed by atoms with Gasteiger partial charge in [-0.15, -0.1) is 0 Å². The molecule has 30 heavy (non-hydrogen) atoms. The minimum Gasteiger partial charge on any atom is -0.455 e. The van der Waals surface area contributed by atoms with Gasteiger partial charge in [-0.1, -0.05) is 36.4 Å². The molecule has 0 atom stereocenters. The van der Waals surface area contributed by atoms with E-state index < -0.39 is 0 Å². The van der Waals surface area contributed by atoms with Crippen molar-refractivity contribution in [3.8, 4) is 11.5 Å². The number of anilines is 2. The van der Waals surface area contributed by atoms with Crippen LogP contribution in [0.2, 0.25) is 0 Å². The first-order valence-electron chi connectivity index (χ1n) is 9.37. The van der Waals surface area contributed by atoms with Crippen LogP contribution < -0.4 is 15.4 Å². The van der Waals surface area contributed by atoms with Gasteiger partial charge in [0.2, 0.25) is 0 Å². The molecular weight excluding hydrogens is 378 g/mol. The van der Waals surface area contributed by atoms with Crippen LogP contribution in [0.25, 0.3) is 0 Å². The summed E-state index contributed by atoms with van der Waals surface area (Å²) in [6, 6.07) is 24.2. The number of pyridine rings is 1. The largest absolute Gasteiger partial charge is 0.455 e. The summed E-state index contributed by atoms with van der Waals surface area (Å²) in [5.41, 5.74) is 1.75. The lowest BCUT2D eigenvalue weighted by Crippen LogP contribution is -2.24. The second kappa shape index (κ2) is 9.29. The second-order valence-corrected chi connectivity index (χ2v) is 6.33. The van der Waals surface area contributed by atoms with Crippen LogP contribution in [0.15, 0.2) is 91.4 Å². The summed E-state index contributed by atoms with van der Waals surface area (Å²) in [5.74, 6) is 1.55. The minimum atomic E-state index is -0.306. The van der Waals surface area contributed by atoms with Crippen LogP contribution in [0.3, 0.4) is 0 Å². The van der Waals surface area contributed by atoms with Crippen LogP contribution in [-0.4, -0.2) is 20.9 Å². The highest BCUT2D eigenvalue weighted by molar-refractivity contribution is 5.92.